The number of hydrogen-bond acceptors (Lipinski definition) is 3. The fraction of sp³-hybridized carbons (Fsp3) is 0.278. The quantitative estimate of drug-likeness (QED) is 0.914. The first kappa shape index (κ1) is 14.6. The molecule has 0 fully saturated rings. The van der Waals surface area contributed by atoms with Crippen molar-refractivity contribution in [2.75, 3.05) is 6.61 Å². The van der Waals surface area contributed by atoms with Gasteiger partial charge in [0.25, 0.3) is 0 Å². The highest BCUT2D eigenvalue weighted by molar-refractivity contribution is 5.83. The molecular formula is C18H19NO3. The van der Waals surface area contributed by atoms with E-state index in [0.29, 0.717) is 11.3 Å². The minimum Gasteiger partial charge on any atom is -0.491 e. The van der Waals surface area contributed by atoms with E-state index in [1.165, 1.54) is 0 Å². The Morgan fingerprint density at radius 1 is 1.18 bits per heavy atom. The highest BCUT2D eigenvalue weighted by Crippen LogP contribution is 2.31. The summed E-state index contributed by atoms with van der Waals surface area (Å²) in [6.45, 7) is 2.13. The molecule has 114 valence electrons. The Balaban J connectivity index is 1.70. The van der Waals surface area contributed by atoms with Crippen molar-refractivity contribution in [1.29, 1.82) is 0 Å². The average Bonchev–Trinajstić information content (AvgIpc) is 2.57. The fourth-order valence-electron chi connectivity index (χ4n) is 2.67. The lowest BCUT2D eigenvalue weighted by Gasteiger charge is -2.31. The van der Waals surface area contributed by atoms with Gasteiger partial charge in [0.05, 0.1) is 12.0 Å². The molecular weight excluding hydrogens is 278 g/mol. The van der Waals surface area contributed by atoms with Gasteiger partial charge >= 0.3 is 0 Å². The van der Waals surface area contributed by atoms with Crippen molar-refractivity contribution in [3.8, 4) is 5.75 Å². The molecule has 2 aromatic rings. The molecule has 1 amide bonds. The van der Waals surface area contributed by atoms with E-state index in [1.807, 2.05) is 61.5 Å². The zero-order chi connectivity index (χ0) is 15.5. The molecule has 4 nitrogen and oxygen atoms in total. The molecule has 1 heterocycles. The van der Waals surface area contributed by atoms with Crippen molar-refractivity contribution in [3.63, 3.8) is 0 Å². The second kappa shape index (κ2) is 6.20. The number of hydrogen-bond donors (Lipinski definition) is 2. The molecule has 0 saturated heterocycles. The zero-order valence-corrected chi connectivity index (χ0v) is 12.4. The highest BCUT2D eigenvalue weighted by atomic mass is 16.5. The summed E-state index contributed by atoms with van der Waals surface area (Å²) < 4.78 is 5.62. The van der Waals surface area contributed by atoms with E-state index >= 15 is 0 Å². The normalized spacial score (nSPS) is 21.4. The number of amides is 1. The van der Waals surface area contributed by atoms with Crippen molar-refractivity contribution in [2.45, 2.75) is 25.0 Å². The molecule has 3 rings (SSSR count). The van der Waals surface area contributed by atoms with Gasteiger partial charge < -0.3 is 15.2 Å². The number of nitrogens with one attached hydrogen (secondary N) is 1. The molecule has 0 bridgehead atoms. The Kier molecular flexibility index (Phi) is 4.11. The highest BCUT2D eigenvalue weighted by Gasteiger charge is 2.31. The lowest BCUT2D eigenvalue weighted by molar-refractivity contribution is -0.124. The van der Waals surface area contributed by atoms with Crippen LogP contribution in [0, 0.1) is 0 Å². The Morgan fingerprint density at radius 2 is 1.86 bits per heavy atom. The molecule has 1 aliphatic heterocycles. The van der Waals surface area contributed by atoms with Crippen molar-refractivity contribution >= 4 is 5.91 Å². The predicted octanol–water partition coefficient (Wildman–Crippen LogP) is 2.40. The second-order valence-corrected chi connectivity index (χ2v) is 5.54. The Bertz CT molecular complexity index is 656. The molecule has 0 unspecified atom stereocenters. The number of benzene rings is 2. The van der Waals surface area contributed by atoms with E-state index < -0.39 is 12.1 Å². The van der Waals surface area contributed by atoms with Crippen LogP contribution in [0.3, 0.4) is 0 Å². The largest absolute Gasteiger partial charge is 0.491 e. The second-order valence-electron chi connectivity index (χ2n) is 5.54. The van der Waals surface area contributed by atoms with Crippen molar-refractivity contribution < 1.29 is 14.6 Å². The van der Waals surface area contributed by atoms with Gasteiger partial charge in [-0.25, -0.2) is 0 Å². The van der Waals surface area contributed by atoms with Crippen LogP contribution in [0.15, 0.2) is 54.6 Å². The Labute approximate surface area is 129 Å². The Morgan fingerprint density at radius 3 is 2.64 bits per heavy atom. The maximum Gasteiger partial charge on any atom is 0.227 e. The van der Waals surface area contributed by atoms with Crippen molar-refractivity contribution in [1.82, 2.24) is 5.32 Å². The first-order valence-corrected chi connectivity index (χ1v) is 7.42. The monoisotopic (exact) mass is 297 g/mol. The summed E-state index contributed by atoms with van der Waals surface area (Å²) in [7, 11) is 0. The molecule has 22 heavy (non-hydrogen) atoms. The van der Waals surface area contributed by atoms with E-state index in [9.17, 15) is 9.90 Å². The molecule has 2 aromatic carbocycles. The topological polar surface area (TPSA) is 58.6 Å². The van der Waals surface area contributed by atoms with Crippen molar-refractivity contribution in [3.05, 3.63) is 65.7 Å². The van der Waals surface area contributed by atoms with Gasteiger partial charge in [0, 0.05) is 5.56 Å². The first-order valence-electron chi connectivity index (χ1n) is 7.42. The van der Waals surface area contributed by atoms with Crippen LogP contribution in [-0.4, -0.2) is 23.7 Å². The summed E-state index contributed by atoms with van der Waals surface area (Å²) in [5.41, 5.74) is 1.66. The number of para-hydroxylation sites is 1. The van der Waals surface area contributed by atoms with Crippen LogP contribution in [0.1, 0.15) is 30.1 Å². The van der Waals surface area contributed by atoms with Gasteiger partial charge in [-0.3, -0.25) is 4.79 Å². The third-order valence-corrected chi connectivity index (χ3v) is 4.06. The van der Waals surface area contributed by atoms with Gasteiger partial charge in [-0.2, -0.15) is 0 Å². The van der Waals surface area contributed by atoms with Crippen LogP contribution in [0.25, 0.3) is 0 Å². The van der Waals surface area contributed by atoms with Crippen LogP contribution in [0.2, 0.25) is 0 Å². The lowest BCUT2D eigenvalue weighted by Crippen LogP contribution is -2.46. The number of ether oxygens (including phenoxy) is 1. The van der Waals surface area contributed by atoms with E-state index in [-0.39, 0.29) is 18.4 Å². The minimum absolute atomic E-state index is 0.113. The van der Waals surface area contributed by atoms with Gasteiger partial charge in [0.15, 0.2) is 0 Å². The fourth-order valence-corrected chi connectivity index (χ4v) is 2.67. The number of aliphatic hydroxyl groups excluding tert-OH is 1. The number of rotatable bonds is 3. The van der Waals surface area contributed by atoms with E-state index in [1.54, 1.807) is 0 Å². The molecule has 0 aromatic heterocycles. The average molecular weight is 297 g/mol. The molecule has 0 aliphatic carbocycles. The van der Waals surface area contributed by atoms with Crippen LogP contribution in [0.5, 0.6) is 5.75 Å². The number of carbonyl (C=O) groups excluding carboxylic acids is 1. The predicted molar refractivity (Wildman–Crippen MR) is 83.7 cm³/mol. The van der Waals surface area contributed by atoms with Gasteiger partial charge in [-0.1, -0.05) is 48.5 Å². The van der Waals surface area contributed by atoms with Gasteiger partial charge in [-0.15, -0.1) is 0 Å². The lowest BCUT2D eigenvalue weighted by atomic mass is 9.96. The molecule has 3 atom stereocenters. The van der Waals surface area contributed by atoms with Gasteiger partial charge in [0.2, 0.25) is 5.91 Å². The molecule has 0 spiro atoms. The SMILES string of the molecule is C[C@H](C(=O)N[C@H]1COc2ccccc2[C@@H]1O)c1ccccc1. The van der Waals surface area contributed by atoms with Crippen LogP contribution < -0.4 is 10.1 Å². The summed E-state index contributed by atoms with van der Waals surface area (Å²) >= 11 is 0. The standard InChI is InChI=1S/C18H19NO3/c1-12(13-7-3-2-4-8-13)18(21)19-15-11-22-16-10-6-5-9-14(16)17(15)20/h2-10,12,15,17,20H,11H2,1H3,(H,19,21)/t12-,15-,17-/m0/s1. The maximum atomic E-state index is 12.4. The third-order valence-electron chi connectivity index (χ3n) is 4.06. The molecule has 2 N–H and O–H groups in total. The van der Waals surface area contributed by atoms with Crippen LogP contribution in [0.4, 0.5) is 0 Å². The summed E-state index contributed by atoms with van der Waals surface area (Å²) in [4.78, 5) is 12.4. The number of fused-ring (bicyclic) bond motifs is 1. The molecule has 1 aliphatic rings. The Hall–Kier alpha value is -2.33. The maximum absolute atomic E-state index is 12.4. The van der Waals surface area contributed by atoms with Crippen LogP contribution in [-0.2, 0) is 4.79 Å². The van der Waals surface area contributed by atoms with E-state index in [2.05, 4.69) is 5.32 Å². The molecule has 0 saturated carbocycles. The summed E-state index contributed by atoms with van der Waals surface area (Å²) in [5, 5.41) is 13.3. The first-order chi connectivity index (χ1) is 10.7. The smallest absolute Gasteiger partial charge is 0.227 e. The minimum atomic E-state index is -0.753. The van der Waals surface area contributed by atoms with E-state index in [4.69, 9.17) is 4.74 Å². The molecule has 4 heteroatoms. The van der Waals surface area contributed by atoms with Gasteiger partial charge in [-0.05, 0) is 18.6 Å². The zero-order valence-electron chi connectivity index (χ0n) is 12.4. The summed E-state index contributed by atoms with van der Waals surface area (Å²) in [5.74, 6) is 0.292. The number of aliphatic hydroxyl groups is 1. The van der Waals surface area contributed by atoms with Crippen LogP contribution >= 0.6 is 0 Å². The molecule has 0 radical (unpaired) electrons. The summed E-state index contributed by atoms with van der Waals surface area (Å²) in [6, 6.07) is 16.5. The third kappa shape index (κ3) is 2.83. The van der Waals surface area contributed by atoms with Gasteiger partial charge in [0.1, 0.15) is 18.5 Å². The van der Waals surface area contributed by atoms with Crippen molar-refractivity contribution in [2.24, 2.45) is 0 Å². The summed E-state index contributed by atoms with van der Waals surface area (Å²) in [6.07, 6.45) is -0.753. The number of carbonyl (C=O) groups is 1. The van der Waals surface area contributed by atoms with E-state index in [0.717, 1.165) is 5.56 Å².